The number of hydrogen-bond acceptors (Lipinski definition) is 6. The molecule has 3 aromatic heterocycles. The van der Waals surface area contributed by atoms with Gasteiger partial charge in [-0.05, 0) is 24.3 Å². The van der Waals surface area contributed by atoms with E-state index in [1.807, 2.05) is 47.0 Å². The smallest absolute Gasteiger partial charge is 0.242 e. The lowest BCUT2D eigenvalue weighted by atomic mass is 10.00. The van der Waals surface area contributed by atoms with Gasteiger partial charge in [0.05, 0.1) is 23.3 Å². The molecule has 1 aromatic carbocycles. The highest BCUT2D eigenvalue weighted by atomic mass is 16.5. The van der Waals surface area contributed by atoms with Crippen LogP contribution in [0.25, 0.3) is 22.6 Å². The number of carbonyl (C=O) groups excluding carboxylic acids is 1. The normalized spacial score (nSPS) is 14.4. The highest BCUT2D eigenvalue weighted by molar-refractivity contribution is 5.81. The Morgan fingerprint density at radius 3 is 2.81 bits per heavy atom. The van der Waals surface area contributed by atoms with Crippen LogP contribution in [-0.2, 0) is 11.3 Å². The number of imidazole rings is 1. The summed E-state index contributed by atoms with van der Waals surface area (Å²) in [5.41, 5.74) is 2.52. The fourth-order valence-corrected chi connectivity index (χ4v) is 3.22. The van der Waals surface area contributed by atoms with Crippen molar-refractivity contribution in [2.75, 3.05) is 13.1 Å². The zero-order valence-electron chi connectivity index (χ0n) is 14.4. The first-order valence-electron chi connectivity index (χ1n) is 8.70. The lowest BCUT2D eigenvalue weighted by molar-refractivity contribution is -0.136. The fourth-order valence-electron chi connectivity index (χ4n) is 3.22. The van der Waals surface area contributed by atoms with Crippen LogP contribution in [0.2, 0.25) is 0 Å². The molecule has 1 saturated heterocycles. The molecule has 134 valence electrons. The predicted octanol–water partition coefficient (Wildman–Crippen LogP) is 2.11. The van der Waals surface area contributed by atoms with Crippen molar-refractivity contribution in [3.05, 3.63) is 60.9 Å². The second-order valence-electron chi connectivity index (χ2n) is 6.53. The van der Waals surface area contributed by atoms with Crippen molar-refractivity contribution in [3.8, 4) is 11.5 Å². The van der Waals surface area contributed by atoms with Crippen LogP contribution >= 0.6 is 0 Å². The average Bonchev–Trinajstić information content (AvgIpc) is 3.29. The maximum atomic E-state index is 12.5. The quantitative estimate of drug-likeness (QED) is 0.554. The van der Waals surface area contributed by atoms with Gasteiger partial charge in [0, 0.05) is 19.3 Å². The molecule has 1 fully saturated rings. The molecule has 5 rings (SSSR count). The van der Waals surface area contributed by atoms with Crippen LogP contribution in [0, 0.1) is 0 Å². The van der Waals surface area contributed by atoms with Gasteiger partial charge in [-0.2, -0.15) is 4.98 Å². The second-order valence-corrected chi connectivity index (χ2v) is 6.53. The second kappa shape index (κ2) is 6.31. The maximum Gasteiger partial charge on any atom is 0.242 e. The van der Waals surface area contributed by atoms with Crippen LogP contribution in [0.4, 0.5) is 0 Å². The summed E-state index contributed by atoms with van der Waals surface area (Å²) >= 11 is 0. The van der Waals surface area contributed by atoms with Crippen molar-refractivity contribution < 1.29 is 9.32 Å². The fraction of sp³-hybridized carbons (Fsp3) is 0.211. The Balaban J connectivity index is 1.23. The van der Waals surface area contributed by atoms with Crippen LogP contribution < -0.4 is 0 Å². The van der Waals surface area contributed by atoms with Crippen molar-refractivity contribution in [3.63, 3.8) is 0 Å². The van der Waals surface area contributed by atoms with Gasteiger partial charge in [-0.25, -0.2) is 4.98 Å². The zero-order valence-corrected chi connectivity index (χ0v) is 14.4. The minimum atomic E-state index is 0.0545. The van der Waals surface area contributed by atoms with E-state index in [4.69, 9.17) is 4.52 Å². The number of hydrogen-bond donors (Lipinski definition) is 0. The van der Waals surface area contributed by atoms with Crippen LogP contribution in [-0.4, -0.2) is 48.6 Å². The molecule has 0 radical (unpaired) electrons. The Morgan fingerprint density at radius 2 is 1.96 bits per heavy atom. The molecule has 4 heterocycles. The number of fused-ring (bicyclic) bond motifs is 1. The summed E-state index contributed by atoms with van der Waals surface area (Å²) in [7, 11) is 0. The number of amides is 1. The van der Waals surface area contributed by atoms with E-state index in [0.29, 0.717) is 30.5 Å². The molecule has 1 amide bonds. The Kier molecular flexibility index (Phi) is 3.67. The zero-order chi connectivity index (χ0) is 18.2. The summed E-state index contributed by atoms with van der Waals surface area (Å²) in [5, 5.41) is 3.99. The first kappa shape index (κ1) is 15.7. The molecule has 0 unspecified atom stereocenters. The van der Waals surface area contributed by atoms with Gasteiger partial charge in [0.1, 0.15) is 12.2 Å². The molecule has 0 N–H and O–H groups in total. The summed E-state index contributed by atoms with van der Waals surface area (Å²) in [6, 6.07) is 13.3. The summed E-state index contributed by atoms with van der Waals surface area (Å²) in [4.78, 5) is 27.3. The molecule has 0 bridgehead atoms. The summed E-state index contributed by atoms with van der Waals surface area (Å²) in [6.07, 6.45) is 3.39. The molecular formula is C19H16N6O2. The lowest BCUT2D eigenvalue weighted by Gasteiger charge is -2.37. The highest BCUT2D eigenvalue weighted by Crippen LogP contribution is 2.27. The molecule has 8 heteroatoms. The third-order valence-corrected chi connectivity index (χ3v) is 4.75. The molecule has 27 heavy (non-hydrogen) atoms. The summed E-state index contributed by atoms with van der Waals surface area (Å²) < 4.78 is 7.23. The number of likely N-dealkylation sites (tertiary alicyclic amines) is 1. The van der Waals surface area contributed by atoms with Gasteiger partial charge >= 0.3 is 0 Å². The van der Waals surface area contributed by atoms with Crippen molar-refractivity contribution in [1.82, 2.24) is 29.6 Å². The first-order valence-corrected chi connectivity index (χ1v) is 8.70. The van der Waals surface area contributed by atoms with E-state index in [-0.39, 0.29) is 18.4 Å². The molecular weight excluding hydrogens is 344 g/mol. The predicted molar refractivity (Wildman–Crippen MR) is 96.6 cm³/mol. The Labute approximate surface area is 154 Å². The van der Waals surface area contributed by atoms with Crippen molar-refractivity contribution in [1.29, 1.82) is 0 Å². The lowest BCUT2D eigenvalue weighted by Crippen LogP contribution is -2.49. The van der Waals surface area contributed by atoms with E-state index in [1.165, 1.54) is 0 Å². The van der Waals surface area contributed by atoms with Crippen molar-refractivity contribution in [2.24, 2.45) is 0 Å². The molecule has 1 aliphatic rings. The van der Waals surface area contributed by atoms with Crippen LogP contribution in [0.1, 0.15) is 11.8 Å². The third-order valence-electron chi connectivity index (χ3n) is 4.75. The average molecular weight is 360 g/mol. The molecule has 4 aromatic rings. The minimum absolute atomic E-state index is 0.0545. The van der Waals surface area contributed by atoms with Gasteiger partial charge in [-0.1, -0.05) is 23.4 Å². The monoisotopic (exact) mass is 360 g/mol. The Morgan fingerprint density at radius 1 is 1.11 bits per heavy atom. The number of aromatic nitrogens is 5. The van der Waals surface area contributed by atoms with Crippen molar-refractivity contribution in [2.45, 2.75) is 12.5 Å². The largest absolute Gasteiger partial charge is 0.339 e. The van der Waals surface area contributed by atoms with E-state index in [0.717, 1.165) is 11.0 Å². The molecule has 0 saturated carbocycles. The van der Waals surface area contributed by atoms with Crippen LogP contribution in [0.3, 0.4) is 0 Å². The minimum Gasteiger partial charge on any atom is -0.339 e. The number of carbonyl (C=O) groups is 1. The van der Waals surface area contributed by atoms with Gasteiger partial charge in [0.15, 0.2) is 0 Å². The van der Waals surface area contributed by atoms with Crippen LogP contribution in [0.5, 0.6) is 0 Å². The third kappa shape index (κ3) is 2.84. The number of rotatable bonds is 4. The van der Waals surface area contributed by atoms with Gasteiger partial charge in [-0.3, -0.25) is 9.78 Å². The molecule has 8 nitrogen and oxygen atoms in total. The van der Waals surface area contributed by atoms with Gasteiger partial charge in [-0.15, -0.1) is 0 Å². The Hall–Kier alpha value is -3.55. The number of pyridine rings is 1. The van der Waals surface area contributed by atoms with Gasteiger partial charge in [0.2, 0.25) is 17.6 Å². The number of benzene rings is 1. The number of nitrogens with zero attached hydrogens (tertiary/aromatic N) is 6. The van der Waals surface area contributed by atoms with E-state index < -0.39 is 0 Å². The van der Waals surface area contributed by atoms with Crippen molar-refractivity contribution >= 4 is 16.9 Å². The summed E-state index contributed by atoms with van der Waals surface area (Å²) in [5.74, 6) is 1.14. The molecule has 0 atom stereocenters. The van der Waals surface area contributed by atoms with E-state index in [1.54, 1.807) is 17.4 Å². The van der Waals surface area contributed by atoms with Crippen LogP contribution in [0.15, 0.2) is 59.5 Å². The SMILES string of the molecule is O=C(Cn1cnc2ccccc21)N1CC(c2nc(-c3ccccn3)no2)C1. The summed E-state index contributed by atoms with van der Waals surface area (Å²) in [6.45, 7) is 1.43. The number of para-hydroxylation sites is 2. The molecule has 1 aliphatic heterocycles. The highest BCUT2D eigenvalue weighted by Gasteiger charge is 2.35. The Bertz CT molecular complexity index is 1100. The standard InChI is InChI=1S/C19H16N6O2/c26-17(11-25-12-21-14-5-1-2-7-16(14)25)24-9-13(10-24)19-22-18(23-27-19)15-6-3-4-8-20-15/h1-8,12-13H,9-11H2. The molecule has 0 aliphatic carbocycles. The van der Waals surface area contributed by atoms with E-state index >= 15 is 0 Å². The van der Waals surface area contributed by atoms with Gasteiger partial charge < -0.3 is 14.0 Å². The van der Waals surface area contributed by atoms with E-state index in [2.05, 4.69) is 20.1 Å². The van der Waals surface area contributed by atoms with E-state index in [9.17, 15) is 4.79 Å². The maximum absolute atomic E-state index is 12.5. The topological polar surface area (TPSA) is 89.9 Å². The van der Waals surface area contributed by atoms with Gasteiger partial charge in [0.25, 0.3) is 0 Å². The molecule has 0 spiro atoms. The first-order chi connectivity index (χ1) is 13.3.